The maximum absolute atomic E-state index is 14.0. The topological polar surface area (TPSA) is 49.4 Å². The maximum Gasteiger partial charge on any atom is 0.243 e. The highest BCUT2D eigenvalue weighted by Crippen LogP contribution is 2.23. The van der Waals surface area contributed by atoms with Crippen LogP contribution >= 0.6 is 0 Å². The molecule has 0 bridgehead atoms. The van der Waals surface area contributed by atoms with Crippen molar-refractivity contribution in [2.45, 2.75) is 70.0 Å². The molecular weight excluding hydrogens is 499 g/mol. The molecule has 206 valence electrons. The van der Waals surface area contributed by atoms with Crippen molar-refractivity contribution < 1.29 is 14.0 Å². The Morgan fingerprint density at radius 1 is 0.800 bits per heavy atom. The van der Waals surface area contributed by atoms with E-state index in [4.69, 9.17) is 0 Å². The van der Waals surface area contributed by atoms with Crippen molar-refractivity contribution in [3.63, 3.8) is 0 Å². The van der Waals surface area contributed by atoms with Crippen LogP contribution < -0.4 is 5.32 Å². The van der Waals surface area contributed by atoms with E-state index in [1.165, 1.54) is 18.6 Å². The fraction of sp³-hybridized carbons (Fsp3) is 0.314. The number of halogens is 1. The first-order valence-electron chi connectivity index (χ1n) is 14.4. The van der Waals surface area contributed by atoms with Crippen LogP contribution in [0.15, 0.2) is 97.1 Å². The number of nitrogens with one attached hydrogen (secondary N) is 1. The van der Waals surface area contributed by atoms with Gasteiger partial charge >= 0.3 is 0 Å². The lowest BCUT2D eigenvalue weighted by Crippen LogP contribution is -2.52. The molecule has 40 heavy (non-hydrogen) atoms. The minimum Gasteiger partial charge on any atom is -0.352 e. The molecule has 0 radical (unpaired) electrons. The summed E-state index contributed by atoms with van der Waals surface area (Å²) in [5, 5.41) is 5.56. The minimum absolute atomic E-state index is 0.0861. The lowest BCUT2D eigenvalue weighted by Gasteiger charge is -2.33. The number of hydrogen-bond acceptors (Lipinski definition) is 2. The average Bonchev–Trinajstić information content (AvgIpc) is 2.99. The molecule has 1 saturated carbocycles. The predicted octanol–water partition coefficient (Wildman–Crippen LogP) is 7.00. The number of benzene rings is 4. The van der Waals surface area contributed by atoms with Gasteiger partial charge in [-0.05, 0) is 58.9 Å². The maximum atomic E-state index is 14.0. The molecular formula is C35H37FN2O2. The monoisotopic (exact) mass is 536 g/mol. The Labute approximate surface area is 236 Å². The van der Waals surface area contributed by atoms with Gasteiger partial charge in [-0.25, -0.2) is 4.39 Å². The van der Waals surface area contributed by atoms with Crippen molar-refractivity contribution in [2.75, 3.05) is 0 Å². The highest BCUT2D eigenvalue weighted by atomic mass is 19.1. The number of carbonyl (C=O) groups is 2. The van der Waals surface area contributed by atoms with E-state index in [1.54, 1.807) is 17.0 Å². The zero-order valence-corrected chi connectivity index (χ0v) is 22.9. The van der Waals surface area contributed by atoms with Crippen molar-refractivity contribution in [1.82, 2.24) is 10.2 Å². The third kappa shape index (κ3) is 7.15. The summed E-state index contributed by atoms with van der Waals surface area (Å²) in [5.41, 5.74) is 2.90. The Morgan fingerprint density at radius 2 is 1.50 bits per heavy atom. The molecule has 0 unspecified atom stereocenters. The van der Waals surface area contributed by atoms with Gasteiger partial charge in [0.25, 0.3) is 0 Å². The molecule has 0 aromatic heterocycles. The van der Waals surface area contributed by atoms with Crippen molar-refractivity contribution in [2.24, 2.45) is 0 Å². The third-order valence-electron chi connectivity index (χ3n) is 7.98. The van der Waals surface area contributed by atoms with E-state index in [0.29, 0.717) is 12.8 Å². The molecule has 5 heteroatoms. The van der Waals surface area contributed by atoms with Crippen molar-refractivity contribution in [3.05, 3.63) is 120 Å². The summed E-state index contributed by atoms with van der Waals surface area (Å²) < 4.78 is 13.7. The zero-order valence-electron chi connectivity index (χ0n) is 22.9. The Bertz CT molecular complexity index is 1410. The molecule has 0 spiro atoms. The number of aryl methyl sites for hydroxylation is 1. The second-order valence-electron chi connectivity index (χ2n) is 10.8. The van der Waals surface area contributed by atoms with Crippen LogP contribution in [0.25, 0.3) is 10.8 Å². The molecule has 4 nitrogen and oxygen atoms in total. The van der Waals surface area contributed by atoms with Crippen molar-refractivity contribution in [3.8, 4) is 0 Å². The largest absolute Gasteiger partial charge is 0.352 e. The van der Waals surface area contributed by atoms with Crippen LogP contribution in [0.1, 0.15) is 55.2 Å². The summed E-state index contributed by atoms with van der Waals surface area (Å²) in [7, 11) is 0. The van der Waals surface area contributed by atoms with Gasteiger partial charge in [-0.2, -0.15) is 0 Å². The van der Waals surface area contributed by atoms with E-state index >= 15 is 0 Å². The summed E-state index contributed by atoms with van der Waals surface area (Å²) in [6.45, 7) is 0.240. The number of carbonyl (C=O) groups excluding carboxylic acids is 2. The van der Waals surface area contributed by atoms with Crippen LogP contribution in [0.3, 0.4) is 0 Å². The lowest BCUT2D eigenvalue weighted by atomic mass is 9.94. The standard InChI is InChI=1S/C35H37FN2O2/c36-30-21-18-27(19-22-30)25-38(34(39)23-20-29-14-9-13-28-12-7-8-17-32(28)29)33(24-26-10-3-1-4-11-26)35(40)37-31-15-5-2-6-16-31/h1,3-4,7-14,17-19,21-22,31,33H,2,5-6,15-16,20,23-25H2,(H,37,40)/t33-/m0/s1. The molecule has 1 aliphatic carbocycles. The van der Waals surface area contributed by atoms with Crippen molar-refractivity contribution >= 4 is 22.6 Å². The van der Waals surface area contributed by atoms with Crippen molar-refractivity contribution in [1.29, 1.82) is 0 Å². The van der Waals surface area contributed by atoms with Crippen LogP contribution in [0.5, 0.6) is 0 Å². The van der Waals surface area contributed by atoms with Gasteiger partial charge in [0.05, 0.1) is 0 Å². The van der Waals surface area contributed by atoms with Gasteiger partial charge in [-0.15, -0.1) is 0 Å². The van der Waals surface area contributed by atoms with E-state index in [9.17, 15) is 14.0 Å². The molecule has 1 N–H and O–H groups in total. The van der Waals surface area contributed by atoms with E-state index in [1.807, 2.05) is 48.5 Å². The number of hydrogen-bond donors (Lipinski definition) is 1. The van der Waals surface area contributed by atoms with Gasteiger partial charge < -0.3 is 10.2 Å². The number of nitrogens with zero attached hydrogens (tertiary/aromatic N) is 1. The summed E-state index contributed by atoms with van der Waals surface area (Å²) in [6, 6.07) is 29.9. The molecule has 0 heterocycles. The molecule has 1 fully saturated rings. The van der Waals surface area contributed by atoms with Crippen LogP contribution in [-0.4, -0.2) is 28.8 Å². The highest BCUT2D eigenvalue weighted by Gasteiger charge is 2.31. The van der Waals surface area contributed by atoms with Gasteiger partial charge in [0.1, 0.15) is 11.9 Å². The summed E-state index contributed by atoms with van der Waals surface area (Å²) in [6.07, 6.45) is 6.62. The Kier molecular flexibility index (Phi) is 9.22. The molecule has 4 aromatic rings. The first-order chi connectivity index (χ1) is 19.6. The van der Waals surface area contributed by atoms with Crippen LogP contribution in [-0.2, 0) is 29.0 Å². The van der Waals surface area contributed by atoms with Gasteiger partial charge in [0.15, 0.2) is 0 Å². The normalized spacial score (nSPS) is 14.5. The van der Waals surface area contributed by atoms with Gasteiger partial charge in [0.2, 0.25) is 11.8 Å². The number of amides is 2. The summed E-state index contributed by atoms with van der Waals surface area (Å²) >= 11 is 0. The Hall–Kier alpha value is -3.99. The van der Waals surface area contributed by atoms with E-state index in [-0.39, 0.29) is 36.6 Å². The van der Waals surface area contributed by atoms with E-state index in [2.05, 4.69) is 29.6 Å². The number of fused-ring (bicyclic) bond motifs is 1. The van der Waals surface area contributed by atoms with E-state index < -0.39 is 6.04 Å². The number of rotatable bonds is 10. The highest BCUT2D eigenvalue weighted by molar-refractivity contribution is 5.89. The van der Waals surface area contributed by atoms with Crippen LogP contribution in [0.4, 0.5) is 4.39 Å². The molecule has 0 saturated heterocycles. The molecule has 1 atom stereocenters. The summed E-state index contributed by atoms with van der Waals surface area (Å²) in [4.78, 5) is 29.6. The lowest BCUT2D eigenvalue weighted by molar-refractivity contribution is -0.141. The molecule has 2 amide bonds. The molecule has 0 aliphatic heterocycles. The van der Waals surface area contributed by atoms with Crippen LogP contribution in [0.2, 0.25) is 0 Å². The second-order valence-corrected chi connectivity index (χ2v) is 10.8. The van der Waals surface area contributed by atoms with Gasteiger partial charge in [-0.3, -0.25) is 9.59 Å². The minimum atomic E-state index is -0.672. The SMILES string of the molecule is O=C(NC1CCCCC1)[C@H](Cc1ccccc1)N(Cc1ccc(F)cc1)C(=O)CCc1cccc2ccccc12. The fourth-order valence-electron chi connectivity index (χ4n) is 5.78. The van der Waals surface area contributed by atoms with Gasteiger partial charge in [0, 0.05) is 25.4 Å². The third-order valence-corrected chi connectivity index (χ3v) is 7.98. The summed E-state index contributed by atoms with van der Waals surface area (Å²) in [5.74, 6) is -0.526. The molecule has 4 aromatic carbocycles. The molecule has 1 aliphatic rings. The Balaban J connectivity index is 1.43. The smallest absolute Gasteiger partial charge is 0.243 e. The quantitative estimate of drug-likeness (QED) is 0.237. The average molecular weight is 537 g/mol. The fourth-order valence-corrected chi connectivity index (χ4v) is 5.78. The zero-order chi connectivity index (χ0) is 27.7. The van der Waals surface area contributed by atoms with E-state index in [0.717, 1.165) is 53.1 Å². The first-order valence-corrected chi connectivity index (χ1v) is 14.4. The second kappa shape index (κ2) is 13.4. The molecule has 5 rings (SSSR count). The first kappa shape index (κ1) is 27.6. The Morgan fingerprint density at radius 3 is 2.27 bits per heavy atom. The predicted molar refractivity (Wildman–Crippen MR) is 158 cm³/mol. The van der Waals surface area contributed by atoms with Gasteiger partial charge in [-0.1, -0.05) is 104 Å². The van der Waals surface area contributed by atoms with Crippen LogP contribution in [0, 0.1) is 5.82 Å².